The van der Waals surface area contributed by atoms with Crippen LogP contribution < -0.4 is 20.7 Å². The van der Waals surface area contributed by atoms with Gasteiger partial charge in [0.05, 0.1) is 12.2 Å². The molecule has 1 aromatic carbocycles. The van der Waals surface area contributed by atoms with Crippen LogP contribution in [0.1, 0.15) is 5.56 Å². The number of anilines is 2. The lowest BCUT2D eigenvalue weighted by molar-refractivity contribution is -0.118. The molecule has 0 atom stereocenters. The third kappa shape index (κ3) is 1.99. The molecule has 2 aliphatic rings. The summed E-state index contributed by atoms with van der Waals surface area (Å²) in [7, 11) is 0. The highest BCUT2D eigenvalue weighted by Gasteiger charge is 2.25. The number of carbonyl (C=O) groups excluding carboxylic acids is 1. The van der Waals surface area contributed by atoms with Crippen molar-refractivity contribution in [1.29, 1.82) is 0 Å². The summed E-state index contributed by atoms with van der Waals surface area (Å²) in [6.45, 7) is 5.25. The highest BCUT2D eigenvalue weighted by atomic mass is 16.5. The third-order valence-electron chi connectivity index (χ3n) is 3.39. The predicted octanol–water partition coefficient (Wildman–Crippen LogP) is 0.881. The van der Waals surface area contributed by atoms with Crippen LogP contribution in [-0.2, 0) is 11.2 Å². The van der Waals surface area contributed by atoms with Crippen LogP contribution in [0.25, 0.3) is 0 Å². The second-order valence-electron chi connectivity index (χ2n) is 4.66. The molecule has 0 bridgehead atoms. The number of ether oxygens (including phenoxy) is 1. The molecular weight excluding hydrogens is 256 g/mol. The summed E-state index contributed by atoms with van der Waals surface area (Å²) >= 11 is 0. The van der Waals surface area contributed by atoms with Crippen LogP contribution in [0, 0.1) is 0 Å². The molecule has 0 aliphatic carbocycles. The molecule has 6 heteroatoms. The van der Waals surface area contributed by atoms with Gasteiger partial charge in [-0.25, -0.2) is 0 Å². The molecule has 3 N–H and O–H groups in total. The van der Waals surface area contributed by atoms with Crippen LogP contribution in [0.15, 0.2) is 29.8 Å². The van der Waals surface area contributed by atoms with Crippen LogP contribution in [0.5, 0.6) is 5.75 Å². The fourth-order valence-corrected chi connectivity index (χ4v) is 2.50. The first-order chi connectivity index (χ1) is 9.70. The minimum Gasteiger partial charge on any atom is -0.482 e. The molecule has 0 saturated carbocycles. The van der Waals surface area contributed by atoms with E-state index in [0.29, 0.717) is 30.4 Å². The number of hydrogen-bond acceptors (Lipinski definition) is 5. The van der Waals surface area contributed by atoms with Gasteiger partial charge in [0.25, 0.3) is 5.91 Å². The van der Waals surface area contributed by atoms with Crippen molar-refractivity contribution in [3.8, 4) is 5.75 Å². The molecule has 104 valence electrons. The van der Waals surface area contributed by atoms with E-state index in [1.165, 1.54) is 0 Å². The zero-order valence-corrected chi connectivity index (χ0v) is 11.1. The number of fused-ring (bicyclic) bond motifs is 1. The molecule has 1 amide bonds. The molecule has 2 aliphatic heterocycles. The molecule has 2 heterocycles. The average Bonchev–Trinajstić information content (AvgIpc) is 2.86. The highest BCUT2D eigenvalue weighted by molar-refractivity contribution is 6.01. The lowest BCUT2D eigenvalue weighted by Gasteiger charge is -2.26. The number of aliphatic imine (C=N–C) groups is 1. The zero-order chi connectivity index (χ0) is 14.1. The summed E-state index contributed by atoms with van der Waals surface area (Å²) in [5.41, 5.74) is 8.51. The quantitative estimate of drug-likeness (QED) is 0.800. The summed E-state index contributed by atoms with van der Waals surface area (Å²) in [5, 5.41) is 2.87. The molecule has 0 saturated heterocycles. The summed E-state index contributed by atoms with van der Waals surface area (Å²) in [6.07, 6.45) is 2.41. The Bertz CT molecular complexity index is 609. The van der Waals surface area contributed by atoms with Crippen molar-refractivity contribution >= 4 is 23.2 Å². The minimum absolute atomic E-state index is 0.0488. The van der Waals surface area contributed by atoms with Crippen molar-refractivity contribution in [1.82, 2.24) is 0 Å². The Balaban J connectivity index is 2.10. The SMILES string of the molecule is C=CCc1c(N2CCN=C2N)ccc2c1NC(=O)CO2. The van der Waals surface area contributed by atoms with Crippen LogP contribution in [0.4, 0.5) is 11.4 Å². The van der Waals surface area contributed by atoms with E-state index in [1.807, 2.05) is 17.0 Å². The number of rotatable bonds is 3. The van der Waals surface area contributed by atoms with Gasteiger partial charge in [0, 0.05) is 17.8 Å². The third-order valence-corrected chi connectivity index (χ3v) is 3.39. The normalized spacial score (nSPS) is 17.1. The average molecular weight is 272 g/mol. The maximum atomic E-state index is 11.6. The highest BCUT2D eigenvalue weighted by Crippen LogP contribution is 2.38. The number of guanidine groups is 1. The molecule has 1 aromatic rings. The fraction of sp³-hybridized carbons (Fsp3) is 0.286. The number of carbonyl (C=O) groups is 1. The van der Waals surface area contributed by atoms with E-state index in [0.717, 1.165) is 17.8 Å². The van der Waals surface area contributed by atoms with Gasteiger partial charge in [-0.1, -0.05) is 6.08 Å². The van der Waals surface area contributed by atoms with Gasteiger partial charge in [0.15, 0.2) is 12.6 Å². The maximum absolute atomic E-state index is 11.6. The Hall–Kier alpha value is -2.50. The minimum atomic E-state index is -0.150. The smallest absolute Gasteiger partial charge is 0.262 e. The number of nitrogens with two attached hydrogens (primary N) is 1. The van der Waals surface area contributed by atoms with Gasteiger partial charge < -0.3 is 20.7 Å². The summed E-state index contributed by atoms with van der Waals surface area (Å²) in [6, 6.07) is 3.80. The van der Waals surface area contributed by atoms with Crippen molar-refractivity contribution in [2.45, 2.75) is 6.42 Å². The number of nitrogens with one attached hydrogen (secondary N) is 1. The van der Waals surface area contributed by atoms with E-state index < -0.39 is 0 Å². The molecule has 0 unspecified atom stereocenters. The topological polar surface area (TPSA) is 80.0 Å². The monoisotopic (exact) mass is 272 g/mol. The van der Waals surface area contributed by atoms with Gasteiger partial charge in [0.2, 0.25) is 0 Å². The molecule has 3 rings (SSSR count). The van der Waals surface area contributed by atoms with E-state index in [4.69, 9.17) is 10.5 Å². The fourth-order valence-electron chi connectivity index (χ4n) is 2.50. The number of nitrogens with zero attached hydrogens (tertiary/aromatic N) is 2. The Morgan fingerprint density at radius 2 is 2.40 bits per heavy atom. The van der Waals surface area contributed by atoms with E-state index in [9.17, 15) is 4.79 Å². The summed E-state index contributed by atoms with van der Waals surface area (Å²) in [5.74, 6) is 1.03. The van der Waals surface area contributed by atoms with Crippen LogP contribution in [-0.4, -0.2) is 31.6 Å². The standard InChI is InChI=1S/C14H16N4O2/c1-2-3-9-10(18-7-6-16-14(18)15)4-5-11-13(9)17-12(19)8-20-11/h2,4-5H,1,3,6-8H2,(H2,15,16)(H,17,19). The second-order valence-corrected chi connectivity index (χ2v) is 4.66. The summed E-state index contributed by atoms with van der Waals surface area (Å²) < 4.78 is 5.44. The van der Waals surface area contributed by atoms with E-state index in [2.05, 4.69) is 16.9 Å². The number of benzene rings is 1. The van der Waals surface area contributed by atoms with E-state index in [1.54, 1.807) is 6.08 Å². The number of hydrogen-bond donors (Lipinski definition) is 2. The summed E-state index contributed by atoms with van der Waals surface area (Å²) in [4.78, 5) is 17.7. The molecular formula is C14H16N4O2. The molecule has 0 fully saturated rings. The number of allylic oxidation sites excluding steroid dienone is 1. The van der Waals surface area contributed by atoms with Gasteiger partial charge in [-0.05, 0) is 18.6 Å². The van der Waals surface area contributed by atoms with Crippen molar-refractivity contribution < 1.29 is 9.53 Å². The lowest BCUT2D eigenvalue weighted by Crippen LogP contribution is -2.35. The van der Waals surface area contributed by atoms with Gasteiger partial charge in [0.1, 0.15) is 5.75 Å². The van der Waals surface area contributed by atoms with Gasteiger partial charge in [-0.15, -0.1) is 6.58 Å². The molecule has 0 radical (unpaired) electrons. The molecule has 6 nitrogen and oxygen atoms in total. The van der Waals surface area contributed by atoms with Gasteiger partial charge in [-0.2, -0.15) is 0 Å². The van der Waals surface area contributed by atoms with Crippen molar-refractivity contribution in [2.75, 3.05) is 29.9 Å². The van der Waals surface area contributed by atoms with Crippen LogP contribution in [0.3, 0.4) is 0 Å². The number of amides is 1. The maximum Gasteiger partial charge on any atom is 0.262 e. The van der Waals surface area contributed by atoms with Crippen molar-refractivity contribution in [2.24, 2.45) is 10.7 Å². The Morgan fingerprint density at radius 3 is 3.10 bits per heavy atom. The first-order valence-corrected chi connectivity index (χ1v) is 6.47. The predicted molar refractivity (Wildman–Crippen MR) is 78.3 cm³/mol. The van der Waals surface area contributed by atoms with E-state index in [-0.39, 0.29) is 12.5 Å². The molecule has 20 heavy (non-hydrogen) atoms. The van der Waals surface area contributed by atoms with Crippen LogP contribution in [0.2, 0.25) is 0 Å². The first-order valence-electron chi connectivity index (χ1n) is 6.47. The molecule has 0 spiro atoms. The largest absolute Gasteiger partial charge is 0.482 e. The molecule has 0 aromatic heterocycles. The first kappa shape index (κ1) is 12.5. The van der Waals surface area contributed by atoms with Gasteiger partial charge >= 0.3 is 0 Å². The van der Waals surface area contributed by atoms with Crippen molar-refractivity contribution in [3.05, 3.63) is 30.4 Å². The lowest BCUT2D eigenvalue weighted by atomic mass is 10.0. The second kappa shape index (κ2) is 4.88. The Morgan fingerprint density at radius 1 is 1.55 bits per heavy atom. The van der Waals surface area contributed by atoms with Crippen LogP contribution >= 0.6 is 0 Å². The van der Waals surface area contributed by atoms with Crippen molar-refractivity contribution in [3.63, 3.8) is 0 Å². The Kier molecular flexibility index (Phi) is 3.06. The van der Waals surface area contributed by atoms with Gasteiger partial charge in [-0.3, -0.25) is 9.79 Å². The Labute approximate surface area is 116 Å². The van der Waals surface area contributed by atoms with E-state index >= 15 is 0 Å². The zero-order valence-electron chi connectivity index (χ0n) is 11.1.